The first-order valence-corrected chi connectivity index (χ1v) is 28.9. The molecule has 2 aromatic rings. The van der Waals surface area contributed by atoms with Gasteiger partial charge in [-0.2, -0.15) is 0 Å². The molecule has 0 N–H and O–H groups in total. The summed E-state index contributed by atoms with van der Waals surface area (Å²) in [5.41, 5.74) is -1.75. The summed E-state index contributed by atoms with van der Waals surface area (Å²) in [6, 6.07) is 6.96. The smallest absolute Gasteiger partial charge is 0.744 e. The van der Waals surface area contributed by atoms with Gasteiger partial charge in [0.1, 0.15) is 20.2 Å². The number of rotatable bonds is 38. The van der Waals surface area contributed by atoms with E-state index >= 15 is 0 Å². The number of carbonyl (C=O) groups excluding carboxylic acids is 4. The topological polar surface area (TPSA) is 220 Å². The number of unbranched alkanes of at least 4 members (excludes halogenated alkanes) is 16. The Morgan fingerprint density at radius 2 is 0.630 bits per heavy atom. The van der Waals surface area contributed by atoms with Gasteiger partial charge >= 0.3 is 61.6 Å². The molecule has 0 spiro atoms. The Hall–Kier alpha value is -3.64. The molecule has 0 aliphatic heterocycles. The third kappa shape index (κ3) is 32.4. The van der Waals surface area contributed by atoms with Crippen LogP contribution in [-0.2, 0) is 39.2 Å². The van der Waals surface area contributed by atoms with E-state index in [4.69, 9.17) is 18.9 Å². The Bertz CT molecular complexity index is 2060. The van der Waals surface area contributed by atoms with E-state index in [2.05, 4.69) is 27.7 Å². The van der Waals surface area contributed by atoms with Crippen molar-refractivity contribution in [2.24, 2.45) is 0 Å². The molecule has 0 saturated heterocycles. The van der Waals surface area contributed by atoms with Crippen molar-refractivity contribution in [1.29, 1.82) is 0 Å². The number of ether oxygens (including phenoxy) is 4. The predicted octanol–water partition coefficient (Wildman–Crippen LogP) is 13.1. The summed E-state index contributed by atoms with van der Waals surface area (Å²) < 4.78 is 91.3. The van der Waals surface area contributed by atoms with Gasteiger partial charge in [-0.15, -0.1) is 0 Å². The first-order valence-electron chi connectivity index (χ1n) is 26.1. The molecule has 17 heteroatoms. The Morgan fingerprint density at radius 1 is 0.384 bits per heavy atom. The van der Waals surface area contributed by atoms with Crippen LogP contribution in [0.5, 0.6) is 0 Å². The van der Waals surface area contributed by atoms with Crippen molar-refractivity contribution in [3.8, 4) is 0 Å². The van der Waals surface area contributed by atoms with Crippen LogP contribution in [0.3, 0.4) is 0 Å². The molecule has 0 amide bonds. The molecular formula is C56H82CaO14S2. The molecule has 2 rings (SSSR count). The minimum atomic E-state index is -5.01. The second-order valence-electron chi connectivity index (χ2n) is 17.2. The van der Waals surface area contributed by atoms with Crippen LogP contribution in [0.1, 0.15) is 223 Å². The summed E-state index contributed by atoms with van der Waals surface area (Å²) >= 11 is 0. The van der Waals surface area contributed by atoms with E-state index in [1.165, 1.54) is 101 Å². The Kier molecular flexibility index (Phi) is 41.4. The molecular weight excluding hydrogens is 1000 g/mol. The summed E-state index contributed by atoms with van der Waals surface area (Å²) in [6.07, 6.45) is 40.1. The fourth-order valence-electron chi connectivity index (χ4n) is 7.12. The zero-order valence-corrected chi connectivity index (χ0v) is 48.0. The van der Waals surface area contributed by atoms with Crippen molar-refractivity contribution in [2.75, 3.05) is 26.4 Å². The van der Waals surface area contributed by atoms with Crippen molar-refractivity contribution in [2.45, 2.75) is 192 Å². The maximum Gasteiger partial charge on any atom is 2.00 e. The number of esters is 4. The molecule has 0 radical (unpaired) electrons. The predicted molar refractivity (Wildman–Crippen MR) is 286 cm³/mol. The van der Waals surface area contributed by atoms with Gasteiger partial charge in [0, 0.05) is 0 Å². The van der Waals surface area contributed by atoms with Crippen molar-refractivity contribution in [1.82, 2.24) is 0 Å². The van der Waals surface area contributed by atoms with E-state index in [9.17, 15) is 45.1 Å². The first-order chi connectivity index (χ1) is 34.6. The van der Waals surface area contributed by atoms with Gasteiger partial charge in [0.2, 0.25) is 0 Å². The van der Waals surface area contributed by atoms with Crippen molar-refractivity contribution >= 4 is 81.9 Å². The molecule has 0 atom stereocenters. The van der Waals surface area contributed by atoms with E-state index in [1.54, 1.807) is 0 Å². The van der Waals surface area contributed by atoms with E-state index in [1.807, 2.05) is 48.6 Å². The van der Waals surface area contributed by atoms with Gasteiger partial charge in [-0.25, -0.2) is 36.0 Å². The molecule has 14 nitrogen and oxygen atoms in total. The second-order valence-corrected chi connectivity index (χ2v) is 19.9. The van der Waals surface area contributed by atoms with Crippen LogP contribution in [0.2, 0.25) is 0 Å². The van der Waals surface area contributed by atoms with Crippen LogP contribution in [0.15, 0.2) is 94.8 Å². The summed E-state index contributed by atoms with van der Waals surface area (Å²) in [5.74, 6) is -3.84. The van der Waals surface area contributed by atoms with E-state index in [0.29, 0.717) is 25.7 Å². The van der Waals surface area contributed by atoms with Crippen molar-refractivity contribution in [3.05, 3.63) is 107 Å². The minimum Gasteiger partial charge on any atom is -0.744 e. The first kappa shape index (κ1) is 69.4. The zero-order chi connectivity index (χ0) is 53.3. The Morgan fingerprint density at radius 3 is 0.877 bits per heavy atom. The van der Waals surface area contributed by atoms with E-state index in [-0.39, 0.29) is 75.3 Å². The summed E-state index contributed by atoms with van der Waals surface area (Å²) in [7, 11) is -10.0. The van der Waals surface area contributed by atoms with Gasteiger partial charge in [0.05, 0.1) is 58.5 Å². The SMILES string of the molecule is CCCCCC/C=C/CCOC(=O)c1cccc(S(=O)(=O)[O-])c1C(=O)OCC/C=C/CCCCCC.CCCCCC/C=C/CCOC(=O)c1cccc(S(=O)(=O)[O-])c1C(=O)OCC/C=C/CCCCCC.[Ca+2]. The molecule has 0 unspecified atom stereocenters. The third-order valence-electron chi connectivity index (χ3n) is 11.1. The number of allylic oxidation sites excluding steroid dienone is 4. The average molecular weight is 1080 g/mol. The molecule has 0 fully saturated rings. The summed E-state index contributed by atoms with van der Waals surface area (Å²) in [5, 5.41) is 0. The van der Waals surface area contributed by atoms with Crippen molar-refractivity contribution in [3.63, 3.8) is 0 Å². The summed E-state index contributed by atoms with van der Waals surface area (Å²) in [4.78, 5) is 49.1. The maximum atomic E-state index is 12.7. The van der Waals surface area contributed by atoms with Crippen LogP contribution in [0.4, 0.5) is 0 Å². The third-order valence-corrected chi connectivity index (χ3v) is 12.8. The van der Waals surface area contributed by atoms with E-state index < -0.39 is 65.0 Å². The fraction of sp³-hybridized carbons (Fsp3) is 0.571. The summed E-state index contributed by atoms with van der Waals surface area (Å²) in [6.45, 7) is 8.75. The van der Waals surface area contributed by atoms with Gasteiger partial charge in [-0.3, -0.25) is 0 Å². The average Bonchev–Trinajstić information content (AvgIpc) is 3.35. The minimum absolute atomic E-state index is 0. The quantitative estimate of drug-likeness (QED) is 0.0152. The standard InChI is InChI=1S/2C28H42O7S.Ca/c2*1-3-5-7-9-11-13-15-17-22-34-27(29)24-20-19-21-25(36(31,32)33)26(24)28(30)35-23-18-16-14-12-10-8-6-4-2;/h2*13-16,19-21H,3-12,17-18,22-23H2,1-2H3,(H,31,32,33);/q;;+2/p-2/b2*15-13+,16-14+;. The van der Waals surface area contributed by atoms with Gasteiger partial charge < -0.3 is 28.1 Å². The van der Waals surface area contributed by atoms with Gasteiger partial charge in [0.15, 0.2) is 0 Å². The van der Waals surface area contributed by atoms with Crippen molar-refractivity contribution < 1.29 is 64.1 Å². The van der Waals surface area contributed by atoms with Crippen LogP contribution < -0.4 is 0 Å². The zero-order valence-electron chi connectivity index (χ0n) is 44.1. The molecule has 0 aliphatic carbocycles. The number of hydrogen-bond acceptors (Lipinski definition) is 14. The Labute approximate surface area is 467 Å². The molecule has 0 saturated carbocycles. The normalized spacial score (nSPS) is 11.7. The molecule has 73 heavy (non-hydrogen) atoms. The van der Waals surface area contributed by atoms with Crippen LogP contribution in [0.25, 0.3) is 0 Å². The molecule has 0 bridgehead atoms. The molecule has 0 aliphatic rings. The fourth-order valence-corrected chi connectivity index (χ4v) is 8.49. The van der Waals surface area contributed by atoms with Crippen LogP contribution in [-0.4, -0.2) is 114 Å². The second kappa shape index (κ2) is 43.6. The molecule has 0 aromatic heterocycles. The van der Waals surface area contributed by atoms with E-state index in [0.717, 1.165) is 63.5 Å². The maximum absolute atomic E-state index is 12.7. The largest absolute Gasteiger partial charge is 2.00 e. The molecule has 0 heterocycles. The number of benzene rings is 2. The Balaban J connectivity index is 0.00000140. The molecule has 404 valence electrons. The number of carbonyl (C=O) groups is 4. The van der Waals surface area contributed by atoms with Gasteiger partial charge in [0.25, 0.3) is 0 Å². The number of hydrogen-bond donors (Lipinski definition) is 0. The van der Waals surface area contributed by atoms with Crippen LogP contribution >= 0.6 is 0 Å². The van der Waals surface area contributed by atoms with Crippen LogP contribution in [0, 0.1) is 0 Å². The monoisotopic (exact) mass is 1080 g/mol. The van der Waals surface area contributed by atoms with Gasteiger partial charge in [-0.05, 0) is 101 Å². The van der Waals surface area contributed by atoms with Gasteiger partial charge in [-0.1, -0.05) is 165 Å². The molecule has 2 aromatic carbocycles.